The molecule has 0 saturated carbocycles. The van der Waals surface area contributed by atoms with Gasteiger partial charge in [0.2, 0.25) is 0 Å². The topological polar surface area (TPSA) is 107 Å². The lowest BCUT2D eigenvalue weighted by molar-refractivity contribution is -0.174. The van der Waals surface area contributed by atoms with Crippen LogP contribution in [0.3, 0.4) is 0 Å². The number of rotatable bonds is 6. The summed E-state index contributed by atoms with van der Waals surface area (Å²) in [6.07, 6.45) is 1.97. The molecule has 1 atom stereocenters. The number of hydrogen-bond donors (Lipinski definition) is 2. The Morgan fingerprint density at radius 1 is 1.12 bits per heavy atom. The standard InChI is InChI=1S/C25H27N5O4/c1-16(2)30-24(26-17(3)28-30)21-14-29-11-12-33-22-13-19(9-10-20(22)23(29)27-21)34-25(32,15-31)18-7-5-4-6-8-18/h4-10,13-14,16,31-32H,11-12,15H2,1-3H3. The lowest BCUT2D eigenvalue weighted by Gasteiger charge is -2.27. The molecule has 2 aromatic heterocycles. The minimum absolute atomic E-state index is 0.155. The molecule has 2 N–H and O–H groups in total. The Labute approximate surface area is 197 Å². The molecule has 0 aliphatic carbocycles. The van der Waals surface area contributed by atoms with Gasteiger partial charge in [-0.25, -0.2) is 14.6 Å². The summed E-state index contributed by atoms with van der Waals surface area (Å²) >= 11 is 0. The normalized spacial score (nSPS) is 14.6. The third kappa shape index (κ3) is 3.93. The smallest absolute Gasteiger partial charge is 0.258 e. The molecule has 0 radical (unpaired) electrons. The van der Waals surface area contributed by atoms with Crippen molar-refractivity contribution in [1.29, 1.82) is 0 Å². The molecule has 2 aromatic carbocycles. The molecule has 1 aliphatic heterocycles. The first-order chi connectivity index (χ1) is 16.4. The van der Waals surface area contributed by atoms with Crippen molar-refractivity contribution in [3.8, 4) is 34.4 Å². The fourth-order valence-corrected chi connectivity index (χ4v) is 4.07. The summed E-state index contributed by atoms with van der Waals surface area (Å²) in [5.74, 6) is 1.27. The van der Waals surface area contributed by atoms with Crippen molar-refractivity contribution in [3.05, 3.63) is 66.1 Å². The Bertz CT molecular complexity index is 1310. The largest absolute Gasteiger partial charge is 0.491 e. The molecule has 9 heteroatoms. The van der Waals surface area contributed by atoms with Gasteiger partial charge >= 0.3 is 0 Å². The van der Waals surface area contributed by atoms with Gasteiger partial charge in [0.25, 0.3) is 5.79 Å². The van der Waals surface area contributed by atoms with Crippen LogP contribution in [-0.2, 0) is 12.3 Å². The van der Waals surface area contributed by atoms with E-state index >= 15 is 0 Å². The van der Waals surface area contributed by atoms with Gasteiger partial charge in [0.1, 0.15) is 42.1 Å². The summed E-state index contributed by atoms with van der Waals surface area (Å²) in [6.45, 7) is 6.46. The first-order valence-electron chi connectivity index (χ1n) is 11.2. The van der Waals surface area contributed by atoms with Gasteiger partial charge in [0.15, 0.2) is 5.82 Å². The second kappa shape index (κ2) is 8.58. The van der Waals surface area contributed by atoms with Crippen LogP contribution in [0, 0.1) is 6.92 Å². The van der Waals surface area contributed by atoms with E-state index < -0.39 is 12.4 Å². The van der Waals surface area contributed by atoms with Crippen molar-refractivity contribution in [2.24, 2.45) is 0 Å². The van der Waals surface area contributed by atoms with Gasteiger partial charge < -0.3 is 24.3 Å². The Morgan fingerprint density at radius 3 is 2.65 bits per heavy atom. The van der Waals surface area contributed by atoms with Crippen LogP contribution in [0.25, 0.3) is 22.9 Å². The van der Waals surface area contributed by atoms with E-state index in [1.807, 2.05) is 34.5 Å². The fraction of sp³-hybridized carbons (Fsp3) is 0.320. The number of hydrogen-bond acceptors (Lipinski definition) is 7. The highest BCUT2D eigenvalue weighted by Crippen LogP contribution is 2.38. The summed E-state index contributed by atoms with van der Waals surface area (Å²) in [6, 6.07) is 14.2. The van der Waals surface area contributed by atoms with Crippen molar-refractivity contribution in [2.75, 3.05) is 13.2 Å². The van der Waals surface area contributed by atoms with Crippen LogP contribution in [0.5, 0.6) is 11.5 Å². The second-order valence-corrected chi connectivity index (χ2v) is 8.58. The van der Waals surface area contributed by atoms with E-state index in [4.69, 9.17) is 14.5 Å². The predicted molar refractivity (Wildman–Crippen MR) is 125 cm³/mol. The minimum atomic E-state index is -1.87. The van der Waals surface area contributed by atoms with Crippen LogP contribution in [0.4, 0.5) is 0 Å². The molecule has 1 unspecified atom stereocenters. The van der Waals surface area contributed by atoms with E-state index in [0.29, 0.717) is 36.0 Å². The van der Waals surface area contributed by atoms with E-state index in [0.717, 1.165) is 22.9 Å². The maximum atomic E-state index is 10.9. The molecule has 0 amide bonds. The van der Waals surface area contributed by atoms with Gasteiger partial charge in [0, 0.05) is 23.9 Å². The lowest BCUT2D eigenvalue weighted by Crippen LogP contribution is -2.36. The first kappa shape index (κ1) is 22.1. The van der Waals surface area contributed by atoms with Crippen LogP contribution in [0.15, 0.2) is 54.7 Å². The third-order valence-corrected chi connectivity index (χ3v) is 5.74. The van der Waals surface area contributed by atoms with Crippen LogP contribution in [-0.4, -0.2) is 47.7 Å². The number of aliphatic hydroxyl groups excluding tert-OH is 1. The van der Waals surface area contributed by atoms with E-state index in [1.54, 1.807) is 36.4 Å². The first-order valence-corrected chi connectivity index (χ1v) is 11.2. The van der Waals surface area contributed by atoms with E-state index in [2.05, 4.69) is 23.9 Å². The molecule has 3 heterocycles. The molecular weight excluding hydrogens is 434 g/mol. The van der Waals surface area contributed by atoms with Crippen LogP contribution in [0.2, 0.25) is 0 Å². The molecule has 0 spiro atoms. The Kier molecular flexibility index (Phi) is 5.59. The zero-order valence-electron chi connectivity index (χ0n) is 19.3. The van der Waals surface area contributed by atoms with Gasteiger partial charge in [0.05, 0.1) is 12.1 Å². The van der Waals surface area contributed by atoms with E-state index in [9.17, 15) is 10.2 Å². The monoisotopic (exact) mass is 461 g/mol. The molecule has 5 rings (SSSR count). The van der Waals surface area contributed by atoms with Crippen molar-refractivity contribution in [3.63, 3.8) is 0 Å². The molecule has 1 aliphatic rings. The maximum absolute atomic E-state index is 10.9. The molecule has 0 fully saturated rings. The van der Waals surface area contributed by atoms with Crippen molar-refractivity contribution in [2.45, 2.75) is 39.1 Å². The fourth-order valence-electron chi connectivity index (χ4n) is 4.07. The molecule has 0 bridgehead atoms. The Morgan fingerprint density at radius 2 is 1.91 bits per heavy atom. The number of aromatic nitrogens is 5. The number of benzene rings is 2. The minimum Gasteiger partial charge on any atom is -0.491 e. The summed E-state index contributed by atoms with van der Waals surface area (Å²) in [5.41, 5.74) is 2.00. The van der Waals surface area contributed by atoms with Gasteiger partial charge in [-0.1, -0.05) is 30.3 Å². The van der Waals surface area contributed by atoms with Gasteiger partial charge in [-0.2, -0.15) is 5.10 Å². The Hall–Kier alpha value is -3.69. The number of fused-ring (bicyclic) bond motifs is 3. The zero-order valence-corrected chi connectivity index (χ0v) is 19.3. The summed E-state index contributed by atoms with van der Waals surface area (Å²) in [4.78, 5) is 9.47. The SMILES string of the molecule is Cc1nc(-c2cn3c(n2)-c2ccc(OC(O)(CO)c4ccccc4)cc2OCC3)n(C(C)C)n1. The summed E-state index contributed by atoms with van der Waals surface area (Å²) in [7, 11) is 0. The number of aliphatic hydroxyl groups is 2. The van der Waals surface area contributed by atoms with Gasteiger partial charge in [-0.05, 0) is 32.9 Å². The Balaban J connectivity index is 1.50. The number of ether oxygens (including phenoxy) is 2. The highest BCUT2D eigenvalue weighted by atomic mass is 16.6. The zero-order chi connectivity index (χ0) is 23.9. The number of aryl methyl sites for hydroxylation is 1. The average Bonchev–Trinajstić information content (AvgIpc) is 3.39. The number of imidazole rings is 1. The predicted octanol–water partition coefficient (Wildman–Crippen LogP) is 3.31. The molecule has 4 aromatic rings. The average molecular weight is 462 g/mol. The highest BCUT2D eigenvalue weighted by molar-refractivity contribution is 5.69. The second-order valence-electron chi connectivity index (χ2n) is 8.58. The van der Waals surface area contributed by atoms with Crippen molar-refractivity contribution in [1.82, 2.24) is 24.3 Å². The maximum Gasteiger partial charge on any atom is 0.258 e. The lowest BCUT2D eigenvalue weighted by atomic mass is 10.1. The van der Waals surface area contributed by atoms with Gasteiger partial charge in [-0.3, -0.25) is 0 Å². The van der Waals surface area contributed by atoms with Gasteiger partial charge in [-0.15, -0.1) is 0 Å². The van der Waals surface area contributed by atoms with E-state index in [1.165, 1.54) is 0 Å². The summed E-state index contributed by atoms with van der Waals surface area (Å²) in [5, 5.41) is 25.3. The summed E-state index contributed by atoms with van der Waals surface area (Å²) < 4.78 is 15.7. The van der Waals surface area contributed by atoms with Crippen molar-refractivity contribution >= 4 is 0 Å². The van der Waals surface area contributed by atoms with Crippen LogP contribution in [0.1, 0.15) is 31.3 Å². The molecule has 0 saturated heterocycles. The third-order valence-electron chi connectivity index (χ3n) is 5.74. The highest BCUT2D eigenvalue weighted by Gasteiger charge is 2.32. The molecule has 9 nitrogen and oxygen atoms in total. The van der Waals surface area contributed by atoms with Crippen molar-refractivity contribution < 1.29 is 19.7 Å². The van der Waals surface area contributed by atoms with Crippen LogP contribution < -0.4 is 9.47 Å². The molecule has 34 heavy (non-hydrogen) atoms. The van der Waals surface area contributed by atoms with Crippen LogP contribution >= 0.6 is 0 Å². The molecule has 176 valence electrons. The molecular formula is C25H27N5O4. The van der Waals surface area contributed by atoms with E-state index in [-0.39, 0.29) is 6.04 Å². The quantitative estimate of drug-likeness (QED) is 0.424. The number of nitrogens with zero attached hydrogens (tertiary/aromatic N) is 5.